The van der Waals surface area contributed by atoms with Gasteiger partial charge in [0.05, 0.1) is 0 Å². The standard InChI is InChI=1S/C15H21N/c16-11-5-7-13-6-4-10-15(12-13)14-8-2-1-3-9-14/h4-7,10,12,14H,1-3,8-9,11,16H2/b7-5+. The van der Waals surface area contributed by atoms with Crippen LogP contribution in [0.1, 0.15) is 49.1 Å². The van der Waals surface area contributed by atoms with E-state index in [-0.39, 0.29) is 0 Å². The minimum Gasteiger partial charge on any atom is -0.327 e. The zero-order valence-corrected chi connectivity index (χ0v) is 9.86. The highest BCUT2D eigenvalue weighted by Gasteiger charge is 2.14. The number of hydrogen-bond donors (Lipinski definition) is 1. The van der Waals surface area contributed by atoms with Crippen molar-refractivity contribution >= 4 is 6.08 Å². The van der Waals surface area contributed by atoms with Gasteiger partial charge in [-0.1, -0.05) is 55.7 Å². The Bertz CT molecular complexity index is 348. The Hall–Kier alpha value is -1.08. The SMILES string of the molecule is NC/C=C/c1cccc(C2CCCCC2)c1. The Balaban J connectivity index is 2.11. The maximum Gasteiger partial charge on any atom is 0.0110 e. The summed E-state index contributed by atoms with van der Waals surface area (Å²) < 4.78 is 0. The molecule has 1 saturated carbocycles. The summed E-state index contributed by atoms with van der Waals surface area (Å²) in [4.78, 5) is 0. The van der Waals surface area contributed by atoms with Crippen molar-refractivity contribution in [2.75, 3.05) is 6.54 Å². The molecule has 0 saturated heterocycles. The van der Waals surface area contributed by atoms with Gasteiger partial charge in [0.2, 0.25) is 0 Å². The van der Waals surface area contributed by atoms with Gasteiger partial charge in [-0.05, 0) is 29.9 Å². The Labute approximate surface area is 98.4 Å². The van der Waals surface area contributed by atoms with Crippen molar-refractivity contribution in [1.29, 1.82) is 0 Å². The molecule has 0 aliphatic heterocycles. The molecule has 86 valence electrons. The Morgan fingerprint density at radius 2 is 2.00 bits per heavy atom. The van der Waals surface area contributed by atoms with E-state index >= 15 is 0 Å². The highest BCUT2D eigenvalue weighted by atomic mass is 14.5. The third-order valence-corrected chi connectivity index (χ3v) is 3.43. The second kappa shape index (κ2) is 5.86. The minimum absolute atomic E-state index is 0.619. The van der Waals surface area contributed by atoms with Gasteiger partial charge in [-0.25, -0.2) is 0 Å². The van der Waals surface area contributed by atoms with Gasteiger partial charge < -0.3 is 5.73 Å². The topological polar surface area (TPSA) is 26.0 Å². The predicted molar refractivity (Wildman–Crippen MR) is 70.4 cm³/mol. The Kier molecular flexibility index (Phi) is 4.17. The average molecular weight is 215 g/mol. The molecule has 1 heteroatoms. The summed E-state index contributed by atoms with van der Waals surface area (Å²) in [5, 5.41) is 0. The molecule has 1 aromatic rings. The summed E-state index contributed by atoms with van der Waals surface area (Å²) in [5.41, 5.74) is 8.27. The molecular formula is C15H21N. The smallest absolute Gasteiger partial charge is 0.0110 e. The van der Waals surface area contributed by atoms with Crippen LogP contribution in [-0.2, 0) is 0 Å². The van der Waals surface area contributed by atoms with E-state index in [9.17, 15) is 0 Å². The maximum absolute atomic E-state index is 5.47. The summed E-state index contributed by atoms with van der Waals surface area (Å²) in [7, 11) is 0. The average Bonchev–Trinajstić information content (AvgIpc) is 2.38. The van der Waals surface area contributed by atoms with E-state index in [1.54, 1.807) is 0 Å². The number of nitrogens with two attached hydrogens (primary N) is 1. The third kappa shape index (κ3) is 2.96. The van der Waals surface area contributed by atoms with Gasteiger partial charge in [-0.15, -0.1) is 0 Å². The van der Waals surface area contributed by atoms with Crippen molar-refractivity contribution in [3.63, 3.8) is 0 Å². The second-order valence-electron chi connectivity index (χ2n) is 4.64. The highest BCUT2D eigenvalue weighted by molar-refractivity contribution is 5.50. The van der Waals surface area contributed by atoms with Crippen molar-refractivity contribution in [1.82, 2.24) is 0 Å². The van der Waals surface area contributed by atoms with Crippen LogP contribution in [0.2, 0.25) is 0 Å². The molecule has 16 heavy (non-hydrogen) atoms. The summed E-state index contributed by atoms with van der Waals surface area (Å²) in [5.74, 6) is 0.792. The van der Waals surface area contributed by atoms with Crippen molar-refractivity contribution in [3.8, 4) is 0 Å². The molecule has 1 aromatic carbocycles. The van der Waals surface area contributed by atoms with Crippen molar-refractivity contribution in [3.05, 3.63) is 41.5 Å². The second-order valence-corrected chi connectivity index (χ2v) is 4.64. The van der Waals surface area contributed by atoms with Crippen LogP contribution >= 0.6 is 0 Å². The van der Waals surface area contributed by atoms with Gasteiger partial charge in [0.1, 0.15) is 0 Å². The third-order valence-electron chi connectivity index (χ3n) is 3.43. The molecule has 0 spiro atoms. The first-order chi connectivity index (χ1) is 7.90. The van der Waals surface area contributed by atoms with Crippen LogP contribution in [-0.4, -0.2) is 6.54 Å². The molecule has 0 atom stereocenters. The van der Waals surface area contributed by atoms with E-state index in [2.05, 4.69) is 30.3 Å². The van der Waals surface area contributed by atoms with Crippen LogP contribution in [0.5, 0.6) is 0 Å². The van der Waals surface area contributed by atoms with Gasteiger partial charge in [0.15, 0.2) is 0 Å². The number of rotatable bonds is 3. The monoisotopic (exact) mass is 215 g/mol. The minimum atomic E-state index is 0.619. The van der Waals surface area contributed by atoms with Crippen LogP contribution in [0.15, 0.2) is 30.3 Å². The van der Waals surface area contributed by atoms with Crippen LogP contribution in [0.4, 0.5) is 0 Å². The normalized spacial score (nSPS) is 18.1. The van der Waals surface area contributed by atoms with Gasteiger partial charge >= 0.3 is 0 Å². The molecule has 1 aliphatic rings. The molecule has 1 fully saturated rings. The fraction of sp³-hybridized carbons (Fsp3) is 0.467. The van der Waals surface area contributed by atoms with E-state index < -0.39 is 0 Å². The van der Waals surface area contributed by atoms with E-state index in [4.69, 9.17) is 5.73 Å². The van der Waals surface area contributed by atoms with E-state index in [0.29, 0.717) is 6.54 Å². The lowest BCUT2D eigenvalue weighted by Gasteiger charge is -2.22. The highest BCUT2D eigenvalue weighted by Crippen LogP contribution is 2.32. The molecule has 1 aliphatic carbocycles. The van der Waals surface area contributed by atoms with E-state index in [1.165, 1.54) is 43.2 Å². The molecule has 0 radical (unpaired) electrons. The first-order valence-electron chi connectivity index (χ1n) is 6.37. The molecule has 0 aromatic heterocycles. The van der Waals surface area contributed by atoms with Gasteiger partial charge in [-0.2, -0.15) is 0 Å². The molecular weight excluding hydrogens is 194 g/mol. The van der Waals surface area contributed by atoms with Crippen LogP contribution in [0.3, 0.4) is 0 Å². The zero-order valence-electron chi connectivity index (χ0n) is 9.86. The van der Waals surface area contributed by atoms with E-state index in [0.717, 1.165) is 5.92 Å². The zero-order chi connectivity index (χ0) is 11.2. The fourth-order valence-electron chi connectivity index (χ4n) is 2.56. The summed E-state index contributed by atoms with van der Waals surface area (Å²) >= 11 is 0. The molecule has 0 heterocycles. The summed E-state index contributed by atoms with van der Waals surface area (Å²) in [6.45, 7) is 0.619. The summed E-state index contributed by atoms with van der Waals surface area (Å²) in [6, 6.07) is 8.91. The Morgan fingerprint density at radius 1 is 1.19 bits per heavy atom. The van der Waals surface area contributed by atoms with Crippen molar-refractivity contribution in [2.24, 2.45) is 5.73 Å². The fourth-order valence-corrected chi connectivity index (χ4v) is 2.56. The quantitative estimate of drug-likeness (QED) is 0.817. The molecule has 2 rings (SSSR count). The van der Waals surface area contributed by atoms with Crippen molar-refractivity contribution < 1.29 is 0 Å². The van der Waals surface area contributed by atoms with Gasteiger partial charge in [0.25, 0.3) is 0 Å². The lowest BCUT2D eigenvalue weighted by atomic mass is 9.83. The molecule has 1 nitrogen and oxygen atoms in total. The Morgan fingerprint density at radius 3 is 2.75 bits per heavy atom. The molecule has 2 N–H and O–H groups in total. The lowest BCUT2D eigenvalue weighted by Crippen LogP contribution is -2.04. The lowest BCUT2D eigenvalue weighted by molar-refractivity contribution is 0.443. The first-order valence-corrected chi connectivity index (χ1v) is 6.37. The first kappa shape index (κ1) is 11.4. The van der Waals surface area contributed by atoms with Crippen LogP contribution in [0, 0.1) is 0 Å². The maximum atomic E-state index is 5.47. The predicted octanol–water partition coefficient (Wildman–Crippen LogP) is 3.71. The largest absolute Gasteiger partial charge is 0.327 e. The van der Waals surface area contributed by atoms with E-state index in [1.807, 2.05) is 6.08 Å². The number of hydrogen-bond acceptors (Lipinski definition) is 1. The molecule has 0 amide bonds. The van der Waals surface area contributed by atoms with Crippen LogP contribution < -0.4 is 5.73 Å². The van der Waals surface area contributed by atoms with Crippen LogP contribution in [0.25, 0.3) is 6.08 Å². The summed E-state index contributed by atoms with van der Waals surface area (Å²) in [6.07, 6.45) is 11.1. The molecule has 0 bridgehead atoms. The number of benzene rings is 1. The van der Waals surface area contributed by atoms with Crippen molar-refractivity contribution in [2.45, 2.75) is 38.0 Å². The van der Waals surface area contributed by atoms with Gasteiger partial charge in [-0.3, -0.25) is 0 Å². The molecule has 0 unspecified atom stereocenters. The van der Waals surface area contributed by atoms with Gasteiger partial charge in [0, 0.05) is 6.54 Å².